The van der Waals surface area contributed by atoms with Crippen LogP contribution < -0.4 is 5.56 Å². The van der Waals surface area contributed by atoms with Crippen molar-refractivity contribution in [1.82, 2.24) is 29.6 Å². The maximum Gasteiger partial charge on any atom is 0.410 e. The number of H-pyrrole nitrogens is 1. The highest BCUT2D eigenvalue weighted by atomic mass is 16.6. The van der Waals surface area contributed by atoms with Gasteiger partial charge in [0.05, 0.1) is 18.4 Å². The van der Waals surface area contributed by atoms with Gasteiger partial charge in [0.1, 0.15) is 28.3 Å². The number of fused-ring (bicyclic) bond motifs is 1. The molecular weight excluding hydrogens is 440 g/mol. The highest BCUT2D eigenvalue weighted by Crippen LogP contribution is 2.29. The van der Waals surface area contributed by atoms with Crippen LogP contribution in [-0.4, -0.2) is 67.3 Å². The zero-order valence-corrected chi connectivity index (χ0v) is 20.1. The lowest BCUT2D eigenvalue weighted by molar-refractivity contribution is 0.0203. The monoisotopic (exact) mass is 470 g/mol. The highest BCUT2D eigenvalue weighted by Gasteiger charge is 2.30. The molecule has 0 aliphatic carbocycles. The number of nitrogens with zero attached hydrogens (tertiary/aromatic N) is 5. The molecule has 1 fully saturated rings. The summed E-state index contributed by atoms with van der Waals surface area (Å²) < 4.78 is 12.2. The molecule has 0 radical (unpaired) electrons. The number of hydrogen-bond donors (Lipinski definition) is 1. The Morgan fingerprint density at radius 1 is 1.26 bits per heavy atom. The van der Waals surface area contributed by atoms with E-state index in [0.29, 0.717) is 48.6 Å². The number of aromatic amines is 1. The Morgan fingerprint density at radius 3 is 2.59 bits per heavy atom. The van der Waals surface area contributed by atoms with Crippen molar-refractivity contribution >= 4 is 17.6 Å². The number of rotatable bonds is 4. The summed E-state index contributed by atoms with van der Waals surface area (Å²) in [4.78, 5) is 43.9. The second-order valence-electron chi connectivity index (χ2n) is 9.71. The van der Waals surface area contributed by atoms with Crippen LogP contribution in [0.1, 0.15) is 67.0 Å². The molecule has 11 nitrogen and oxygen atoms in total. The Hall–Kier alpha value is -3.63. The zero-order valence-electron chi connectivity index (χ0n) is 20.1. The molecule has 0 aromatic carbocycles. The summed E-state index contributed by atoms with van der Waals surface area (Å²) >= 11 is 0. The summed E-state index contributed by atoms with van der Waals surface area (Å²) in [5, 5.41) is 8.34. The van der Waals surface area contributed by atoms with E-state index in [0.717, 1.165) is 5.69 Å². The first-order valence-electron chi connectivity index (χ1n) is 11.3. The molecule has 0 bridgehead atoms. The van der Waals surface area contributed by atoms with Gasteiger partial charge in [0, 0.05) is 38.2 Å². The number of nitrogens with one attached hydrogen (secondary N) is 1. The van der Waals surface area contributed by atoms with Gasteiger partial charge in [-0.25, -0.2) is 9.31 Å². The Labute approximate surface area is 196 Å². The average molecular weight is 471 g/mol. The van der Waals surface area contributed by atoms with E-state index in [1.54, 1.807) is 29.5 Å². The first-order chi connectivity index (χ1) is 16.0. The number of aromatic nitrogens is 4. The average Bonchev–Trinajstić information content (AvgIpc) is 3.37. The van der Waals surface area contributed by atoms with Crippen molar-refractivity contribution in [1.29, 1.82) is 0 Å². The minimum absolute atomic E-state index is 0.0159. The van der Waals surface area contributed by atoms with Crippen molar-refractivity contribution in [2.75, 3.05) is 20.1 Å². The molecule has 1 N–H and O–H groups in total. The van der Waals surface area contributed by atoms with Crippen LogP contribution in [0.4, 0.5) is 4.79 Å². The van der Waals surface area contributed by atoms with Gasteiger partial charge in [0.2, 0.25) is 0 Å². The molecule has 0 spiro atoms. The van der Waals surface area contributed by atoms with E-state index < -0.39 is 5.60 Å². The number of piperidine rings is 1. The molecule has 3 aromatic rings. The lowest BCUT2D eigenvalue weighted by atomic mass is 9.93. The summed E-state index contributed by atoms with van der Waals surface area (Å²) in [5.74, 6) is 0.392. The first kappa shape index (κ1) is 23.5. The van der Waals surface area contributed by atoms with Crippen LogP contribution in [0.2, 0.25) is 0 Å². The van der Waals surface area contributed by atoms with Crippen LogP contribution in [0.3, 0.4) is 0 Å². The zero-order chi connectivity index (χ0) is 24.6. The minimum Gasteiger partial charge on any atom is -0.444 e. The van der Waals surface area contributed by atoms with E-state index in [-0.39, 0.29) is 30.0 Å². The molecule has 182 valence electrons. The fraction of sp³-hybridized carbons (Fsp3) is 0.522. The van der Waals surface area contributed by atoms with E-state index in [9.17, 15) is 14.4 Å². The van der Waals surface area contributed by atoms with Crippen LogP contribution in [-0.2, 0) is 11.3 Å². The van der Waals surface area contributed by atoms with Crippen molar-refractivity contribution < 1.29 is 18.8 Å². The van der Waals surface area contributed by atoms with Crippen LogP contribution in [0, 0.1) is 6.92 Å². The topological polar surface area (TPSA) is 126 Å². The predicted octanol–water partition coefficient (Wildman–Crippen LogP) is 2.71. The fourth-order valence-corrected chi connectivity index (χ4v) is 4.16. The van der Waals surface area contributed by atoms with E-state index in [4.69, 9.17) is 9.26 Å². The van der Waals surface area contributed by atoms with Gasteiger partial charge in [-0.3, -0.25) is 9.59 Å². The Morgan fingerprint density at radius 2 is 1.97 bits per heavy atom. The molecule has 1 aliphatic rings. The van der Waals surface area contributed by atoms with E-state index in [1.807, 2.05) is 20.8 Å². The summed E-state index contributed by atoms with van der Waals surface area (Å²) in [6.07, 6.45) is 2.45. The Kier molecular flexibility index (Phi) is 6.20. The molecule has 34 heavy (non-hydrogen) atoms. The summed E-state index contributed by atoms with van der Waals surface area (Å²) in [6, 6.07) is 3.29. The minimum atomic E-state index is -0.551. The maximum atomic E-state index is 13.1. The van der Waals surface area contributed by atoms with Crippen molar-refractivity contribution in [3.63, 3.8) is 0 Å². The van der Waals surface area contributed by atoms with Crippen molar-refractivity contribution in [2.24, 2.45) is 0 Å². The maximum absolute atomic E-state index is 13.1. The second kappa shape index (κ2) is 8.96. The highest BCUT2D eigenvalue weighted by molar-refractivity contribution is 5.99. The smallest absolute Gasteiger partial charge is 0.410 e. The molecule has 1 saturated heterocycles. The van der Waals surface area contributed by atoms with Crippen molar-refractivity contribution in [2.45, 2.75) is 58.6 Å². The first-order valence-corrected chi connectivity index (χ1v) is 11.3. The number of carbonyl (C=O) groups excluding carboxylic acids is 2. The second-order valence-corrected chi connectivity index (χ2v) is 9.71. The number of likely N-dealkylation sites (tertiary alicyclic amines) is 1. The van der Waals surface area contributed by atoms with Crippen molar-refractivity contribution in [3.8, 4) is 0 Å². The number of ether oxygens (including phenoxy) is 1. The molecular formula is C23H30N6O5. The molecule has 1 aliphatic heterocycles. The summed E-state index contributed by atoms with van der Waals surface area (Å²) in [6.45, 7) is 8.60. The standard InChI is InChI=1S/C23H30N6O5/c1-14-10-16(26-34-14)13-27(5)21(31)17-12-24-29-18(11-19(30)25-20(17)29)15-6-8-28(9-7-15)22(32)33-23(2,3)4/h10-12,15H,6-9,13H2,1-5H3,(H,25,30). The Balaban J connectivity index is 1.53. The predicted molar refractivity (Wildman–Crippen MR) is 123 cm³/mol. The van der Waals surface area contributed by atoms with Crippen LogP contribution in [0.25, 0.3) is 5.65 Å². The summed E-state index contributed by atoms with van der Waals surface area (Å²) in [7, 11) is 1.66. The van der Waals surface area contributed by atoms with Crippen molar-refractivity contribution in [3.05, 3.63) is 51.4 Å². The van der Waals surface area contributed by atoms with Gasteiger partial charge in [-0.05, 0) is 40.5 Å². The third-order valence-corrected chi connectivity index (χ3v) is 5.75. The van der Waals surface area contributed by atoms with E-state index in [2.05, 4.69) is 15.2 Å². The number of hydrogen-bond acceptors (Lipinski definition) is 7. The number of aryl methyl sites for hydroxylation is 1. The molecule has 11 heteroatoms. The van der Waals surface area contributed by atoms with Gasteiger partial charge >= 0.3 is 6.09 Å². The van der Waals surface area contributed by atoms with Gasteiger partial charge in [-0.1, -0.05) is 5.16 Å². The molecule has 0 saturated carbocycles. The SMILES string of the molecule is Cc1cc(CN(C)C(=O)c2cnn3c(C4CCN(C(=O)OC(C)(C)C)CC4)cc(=O)[nH]c23)no1. The lowest BCUT2D eigenvalue weighted by Gasteiger charge is -2.33. The Bertz CT molecular complexity index is 1260. The van der Waals surface area contributed by atoms with Gasteiger partial charge in [-0.2, -0.15) is 5.10 Å². The normalized spacial score (nSPS) is 15.0. The molecule has 2 amide bonds. The third kappa shape index (κ3) is 4.97. The molecule has 4 rings (SSSR count). The van der Waals surface area contributed by atoms with Gasteiger partial charge in [0.15, 0.2) is 0 Å². The molecule has 0 unspecified atom stereocenters. The van der Waals surface area contributed by atoms with Crippen LogP contribution in [0.5, 0.6) is 0 Å². The summed E-state index contributed by atoms with van der Waals surface area (Å²) in [5.41, 5.74) is 1.15. The van der Waals surface area contributed by atoms with E-state index >= 15 is 0 Å². The molecule has 0 atom stereocenters. The quantitative estimate of drug-likeness (QED) is 0.621. The fourth-order valence-electron chi connectivity index (χ4n) is 4.16. The largest absolute Gasteiger partial charge is 0.444 e. The third-order valence-electron chi connectivity index (χ3n) is 5.75. The van der Waals surface area contributed by atoms with Crippen LogP contribution >= 0.6 is 0 Å². The molecule has 3 aromatic heterocycles. The molecule has 4 heterocycles. The van der Waals surface area contributed by atoms with Gasteiger partial charge < -0.3 is 24.0 Å². The van der Waals surface area contributed by atoms with E-state index in [1.165, 1.54) is 17.2 Å². The van der Waals surface area contributed by atoms with Gasteiger partial charge in [-0.15, -0.1) is 0 Å². The number of carbonyl (C=O) groups is 2. The van der Waals surface area contributed by atoms with Gasteiger partial charge in [0.25, 0.3) is 11.5 Å². The number of amides is 2. The van der Waals surface area contributed by atoms with Crippen LogP contribution in [0.15, 0.2) is 27.6 Å². The lowest BCUT2D eigenvalue weighted by Crippen LogP contribution is -2.41.